The minimum atomic E-state index is 0.152. The van der Waals surface area contributed by atoms with Crippen molar-refractivity contribution >= 4 is 39.8 Å². The number of benzene rings is 6. The lowest BCUT2D eigenvalue weighted by atomic mass is 9.89. The Morgan fingerprint density at radius 3 is 1.52 bits per heavy atom. The van der Waals surface area contributed by atoms with Crippen molar-refractivity contribution in [2.24, 2.45) is 0 Å². The maximum atomic E-state index is 2.51. The van der Waals surface area contributed by atoms with E-state index in [4.69, 9.17) is 0 Å². The van der Waals surface area contributed by atoms with Crippen LogP contribution in [0.25, 0.3) is 0 Å². The molecular formula is C43H35N3. The number of anilines is 7. The molecule has 3 heteroatoms. The summed E-state index contributed by atoms with van der Waals surface area (Å²) in [6.07, 6.45) is 7.16. The minimum absolute atomic E-state index is 0.152. The van der Waals surface area contributed by atoms with Gasteiger partial charge in [0.05, 0.1) is 6.04 Å². The summed E-state index contributed by atoms with van der Waals surface area (Å²) >= 11 is 0. The molecule has 6 aromatic carbocycles. The Morgan fingerprint density at radius 1 is 0.500 bits per heavy atom. The third-order valence-electron chi connectivity index (χ3n) is 9.00. The lowest BCUT2D eigenvalue weighted by molar-refractivity contribution is 0.736. The van der Waals surface area contributed by atoms with Crippen LogP contribution in [0, 0.1) is 6.92 Å². The number of fused-ring (bicyclic) bond motifs is 3. The number of aryl methyl sites for hydroxylation is 1. The van der Waals surface area contributed by atoms with Crippen LogP contribution in [0.1, 0.15) is 17.0 Å². The monoisotopic (exact) mass is 593 g/mol. The van der Waals surface area contributed by atoms with E-state index in [1.54, 1.807) is 0 Å². The highest BCUT2D eigenvalue weighted by Crippen LogP contribution is 2.51. The van der Waals surface area contributed by atoms with Crippen molar-refractivity contribution < 1.29 is 0 Å². The number of para-hydroxylation sites is 4. The van der Waals surface area contributed by atoms with Crippen LogP contribution in [0.3, 0.4) is 0 Å². The van der Waals surface area contributed by atoms with Gasteiger partial charge in [-0.3, -0.25) is 0 Å². The van der Waals surface area contributed by atoms with Gasteiger partial charge in [-0.2, -0.15) is 0 Å². The summed E-state index contributed by atoms with van der Waals surface area (Å²) in [5.41, 5.74) is 11.9. The molecule has 0 radical (unpaired) electrons. The molecule has 1 heterocycles. The molecule has 1 aliphatic heterocycles. The van der Waals surface area contributed by atoms with Gasteiger partial charge >= 0.3 is 0 Å². The fraction of sp³-hybridized carbons (Fsp3) is 0.0698. The lowest BCUT2D eigenvalue weighted by Gasteiger charge is -2.33. The van der Waals surface area contributed by atoms with Crippen molar-refractivity contribution in [2.75, 3.05) is 14.7 Å². The molecule has 0 saturated carbocycles. The minimum Gasteiger partial charge on any atom is -0.333 e. The van der Waals surface area contributed by atoms with Gasteiger partial charge in [-0.25, -0.2) is 0 Å². The molecule has 0 saturated heterocycles. The van der Waals surface area contributed by atoms with Crippen molar-refractivity contribution in [3.63, 3.8) is 0 Å². The van der Waals surface area contributed by atoms with Crippen LogP contribution in [0.2, 0.25) is 0 Å². The maximum absolute atomic E-state index is 2.51. The normalized spacial score (nSPS) is 16.4. The zero-order valence-electron chi connectivity index (χ0n) is 25.8. The largest absolute Gasteiger partial charge is 0.333 e. The summed E-state index contributed by atoms with van der Waals surface area (Å²) < 4.78 is 0. The van der Waals surface area contributed by atoms with Gasteiger partial charge < -0.3 is 14.7 Å². The predicted octanol–water partition coefficient (Wildman–Crippen LogP) is 11.4. The number of hydrogen-bond acceptors (Lipinski definition) is 3. The highest BCUT2D eigenvalue weighted by atomic mass is 15.2. The van der Waals surface area contributed by atoms with Crippen LogP contribution in [-0.4, -0.2) is 6.04 Å². The van der Waals surface area contributed by atoms with Crippen LogP contribution in [0.4, 0.5) is 39.8 Å². The fourth-order valence-corrected chi connectivity index (χ4v) is 6.87. The van der Waals surface area contributed by atoms with Gasteiger partial charge in [-0.05, 0) is 97.4 Å². The van der Waals surface area contributed by atoms with E-state index in [1.165, 1.54) is 28.2 Å². The molecule has 0 aromatic heterocycles. The van der Waals surface area contributed by atoms with E-state index in [1.807, 2.05) is 0 Å². The quantitative estimate of drug-likeness (QED) is 0.182. The molecule has 1 aliphatic carbocycles. The highest BCUT2D eigenvalue weighted by molar-refractivity contribution is 5.83. The van der Waals surface area contributed by atoms with Crippen molar-refractivity contribution in [3.05, 3.63) is 199 Å². The first-order chi connectivity index (χ1) is 22.7. The Kier molecular flexibility index (Phi) is 7.20. The van der Waals surface area contributed by atoms with Gasteiger partial charge in [0.1, 0.15) is 0 Å². The van der Waals surface area contributed by atoms with Gasteiger partial charge in [-0.1, -0.05) is 103 Å². The molecule has 0 amide bonds. The highest BCUT2D eigenvalue weighted by Gasteiger charge is 2.39. The van der Waals surface area contributed by atoms with Crippen molar-refractivity contribution in [3.8, 4) is 0 Å². The van der Waals surface area contributed by atoms with E-state index >= 15 is 0 Å². The average molecular weight is 594 g/mol. The summed E-state index contributed by atoms with van der Waals surface area (Å²) in [5.74, 6) is 0.152. The zero-order valence-corrected chi connectivity index (χ0v) is 25.8. The molecule has 222 valence electrons. The first-order valence-corrected chi connectivity index (χ1v) is 15.9. The molecule has 2 aliphatic rings. The Morgan fingerprint density at radius 2 is 1.00 bits per heavy atom. The Bertz CT molecular complexity index is 1920. The number of hydrogen-bond donors (Lipinski definition) is 0. The molecule has 0 fully saturated rings. The second-order valence-electron chi connectivity index (χ2n) is 11.9. The third-order valence-corrected chi connectivity index (χ3v) is 9.00. The van der Waals surface area contributed by atoms with Crippen molar-refractivity contribution in [1.82, 2.24) is 0 Å². The van der Waals surface area contributed by atoms with Gasteiger partial charge in [-0.15, -0.1) is 0 Å². The van der Waals surface area contributed by atoms with Crippen LogP contribution < -0.4 is 14.7 Å². The SMILES string of the molecule is Cc1ccc(N2c3ccc(N(c4ccccc4)c4ccccc4)cc3C3C=C(N(c4ccccc4)c4ccccc4)C=CC32)cc1. The van der Waals surface area contributed by atoms with E-state index in [-0.39, 0.29) is 12.0 Å². The fourth-order valence-electron chi connectivity index (χ4n) is 6.87. The van der Waals surface area contributed by atoms with Gasteiger partial charge in [0.2, 0.25) is 0 Å². The van der Waals surface area contributed by atoms with Gasteiger partial charge in [0, 0.05) is 51.4 Å². The Balaban J connectivity index is 1.29. The number of allylic oxidation sites excluding steroid dienone is 1. The summed E-state index contributed by atoms with van der Waals surface area (Å²) in [6.45, 7) is 2.15. The summed E-state index contributed by atoms with van der Waals surface area (Å²) in [5, 5.41) is 0. The van der Waals surface area contributed by atoms with Crippen LogP contribution in [0.15, 0.2) is 188 Å². The van der Waals surface area contributed by atoms with E-state index < -0.39 is 0 Å². The van der Waals surface area contributed by atoms with Crippen molar-refractivity contribution in [2.45, 2.75) is 18.9 Å². The molecule has 0 bridgehead atoms. The van der Waals surface area contributed by atoms with E-state index in [2.05, 4.69) is 204 Å². The number of nitrogens with zero attached hydrogens (tertiary/aromatic N) is 3. The summed E-state index contributed by atoms with van der Waals surface area (Å²) in [6, 6.07) is 58.7. The van der Waals surface area contributed by atoms with E-state index in [0.717, 1.165) is 28.4 Å². The van der Waals surface area contributed by atoms with E-state index in [9.17, 15) is 0 Å². The Labute approximate surface area is 271 Å². The molecule has 2 atom stereocenters. The molecule has 0 spiro atoms. The molecule has 6 aromatic rings. The molecule has 2 unspecified atom stereocenters. The first kappa shape index (κ1) is 27.7. The van der Waals surface area contributed by atoms with E-state index in [0.29, 0.717) is 0 Å². The first-order valence-electron chi connectivity index (χ1n) is 15.9. The topological polar surface area (TPSA) is 9.72 Å². The van der Waals surface area contributed by atoms with Gasteiger partial charge in [0.15, 0.2) is 0 Å². The third kappa shape index (κ3) is 5.06. The predicted molar refractivity (Wildman–Crippen MR) is 193 cm³/mol. The van der Waals surface area contributed by atoms with Crippen LogP contribution in [-0.2, 0) is 0 Å². The summed E-state index contributed by atoms with van der Waals surface area (Å²) in [4.78, 5) is 7.23. The average Bonchev–Trinajstić information content (AvgIpc) is 3.44. The molecule has 0 N–H and O–H groups in total. The van der Waals surface area contributed by atoms with Gasteiger partial charge in [0.25, 0.3) is 0 Å². The van der Waals surface area contributed by atoms with Crippen molar-refractivity contribution in [1.29, 1.82) is 0 Å². The lowest BCUT2D eigenvalue weighted by Crippen LogP contribution is -2.30. The molecular weight excluding hydrogens is 558 g/mol. The number of rotatable bonds is 7. The smallest absolute Gasteiger partial charge is 0.0631 e. The molecule has 8 rings (SSSR count). The summed E-state index contributed by atoms with van der Waals surface area (Å²) in [7, 11) is 0. The standard InChI is InChI=1S/C43H35N3/c1-32-22-24-37(25-23-32)46-42-28-26-38(44(33-14-6-2-7-15-33)34-16-8-3-9-17-34)30-40(42)41-31-39(27-29-43(41)46)45(35-18-10-4-11-19-35)36-20-12-5-13-21-36/h2-31,40,42H,1H3. The molecule has 46 heavy (non-hydrogen) atoms. The Hall–Kier alpha value is -5.80. The maximum Gasteiger partial charge on any atom is 0.0631 e. The molecule has 3 nitrogen and oxygen atoms in total. The van der Waals surface area contributed by atoms with Crippen LogP contribution >= 0.6 is 0 Å². The zero-order chi connectivity index (χ0) is 30.9. The van der Waals surface area contributed by atoms with Crippen LogP contribution in [0.5, 0.6) is 0 Å². The second-order valence-corrected chi connectivity index (χ2v) is 11.9. The second kappa shape index (κ2) is 11.9.